The summed E-state index contributed by atoms with van der Waals surface area (Å²) < 4.78 is 29.3. The first kappa shape index (κ1) is 13.9. The third-order valence-corrected chi connectivity index (χ3v) is 1.87. The van der Waals surface area contributed by atoms with Gasteiger partial charge in [0.1, 0.15) is 11.5 Å². The maximum atomic E-state index is 12.3. The van der Waals surface area contributed by atoms with Crippen molar-refractivity contribution in [1.29, 1.82) is 0 Å². The molecule has 0 aliphatic heterocycles. The highest BCUT2D eigenvalue weighted by Crippen LogP contribution is 2.30. The Balaban J connectivity index is 0.00000196. The Morgan fingerprint density at radius 3 is 2.47 bits per heavy atom. The van der Waals surface area contributed by atoms with Gasteiger partial charge in [0, 0.05) is 5.56 Å². The molecule has 3 nitrogen and oxygen atoms in total. The molecule has 0 heterocycles. The van der Waals surface area contributed by atoms with E-state index in [1.165, 1.54) is 25.3 Å². The third kappa shape index (κ3) is 3.21. The lowest BCUT2D eigenvalue weighted by Gasteiger charge is -2.13. The molecule has 0 unspecified atom stereocenters. The summed E-state index contributed by atoms with van der Waals surface area (Å²) >= 11 is 0. The van der Waals surface area contributed by atoms with Crippen molar-refractivity contribution in [1.82, 2.24) is 0 Å². The minimum atomic E-state index is -2.71. The average molecular weight is 240 g/mol. The van der Waals surface area contributed by atoms with Crippen LogP contribution in [-0.2, 0) is 0 Å². The van der Waals surface area contributed by atoms with Crippen LogP contribution in [0, 0.1) is 0 Å². The highest BCUT2D eigenvalue weighted by Gasteiger charge is 2.21. The van der Waals surface area contributed by atoms with E-state index in [2.05, 4.69) is 0 Å². The van der Waals surface area contributed by atoms with Gasteiger partial charge in [0.15, 0.2) is 0 Å². The van der Waals surface area contributed by atoms with Crippen molar-refractivity contribution in [3.63, 3.8) is 0 Å². The summed E-state index contributed by atoms with van der Waals surface area (Å²) in [6.45, 7) is 0. The fraction of sp³-hybridized carbons (Fsp3) is 0.333. The Morgan fingerprint density at radius 2 is 2.00 bits per heavy atom. The number of hydrogen-bond donors (Lipinski definition) is 2. The quantitative estimate of drug-likeness (QED) is 0.849. The van der Waals surface area contributed by atoms with Gasteiger partial charge in [-0.05, 0) is 18.2 Å². The molecule has 0 aromatic heterocycles. The van der Waals surface area contributed by atoms with Gasteiger partial charge in [-0.1, -0.05) is 0 Å². The Labute approximate surface area is 92.3 Å². The fourth-order valence-corrected chi connectivity index (χ4v) is 1.06. The molecule has 6 heteroatoms. The number of halogens is 3. The average Bonchev–Trinajstić information content (AvgIpc) is 2.17. The van der Waals surface area contributed by atoms with Crippen LogP contribution in [0.5, 0.6) is 11.5 Å². The Morgan fingerprint density at radius 1 is 1.40 bits per heavy atom. The van der Waals surface area contributed by atoms with Gasteiger partial charge in [0.25, 0.3) is 6.43 Å². The van der Waals surface area contributed by atoms with Crippen LogP contribution in [0.15, 0.2) is 18.2 Å². The number of phenolic OH excluding ortho intramolecular Hbond substituents is 1. The second-order valence-electron chi connectivity index (χ2n) is 2.78. The minimum Gasteiger partial charge on any atom is -0.508 e. The van der Waals surface area contributed by atoms with Crippen LogP contribution in [0.3, 0.4) is 0 Å². The van der Waals surface area contributed by atoms with Gasteiger partial charge in [-0.25, -0.2) is 8.78 Å². The van der Waals surface area contributed by atoms with Crippen molar-refractivity contribution in [2.75, 3.05) is 7.11 Å². The molecule has 1 rings (SSSR count). The fourth-order valence-electron chi connectivity index (χ4n) is 1.06. The molecule has 0 saturated carbocycles. The number of methoxy groups -OCH3 is 1. The first-order valence-corrected chi connectivity index (χ1v) is 3.97. The molecule has 0 fully saturated rings. The number of ether oxygens (including phenoxy) is 1. The number of aromatic hydroxyl groups is 1. The number of phenols is 1. The smallest absolute Gasteiger partial charge is 0.257 e. The topological polar surface area (TPSA) is 55.5 Å². The zero-order valence-electron chi connectivity index (χ0n) is 7.98. The predicted octanol–water partition coefficient (Wildman–Crippen LogP) is 2.09. The second kappa shape index (κ2) is 5.72. The standard InChI is InChI=1S/C9H11F2NO2.ClH/c1-14-5-2-3-7(13)6(4-5)8(12)9(10)11;/h2-4,8-9,13H,12H2,1H3;1H/t8-;/m1./s1. The van der Waals surface area contributed by atoms with Gasteiger partial charge < -0.3 is 15.6 Å². The van der Waals surface area contributed by atoms with E-state index >= 15 is 0 Å². The van der Waals surface area contributed by atoms with Crippen LogP contribution in [0.25, 0.3) is 0 Å². The lowest BCUT2D eigenvalue weighted by Crippen LogP contribution is -2.19. The molecule has 1 aromatic rings. The molecule has 0 spiro atoms. The maximum Gasteiger partial charge on any atom is 0.257 e. The molecule has 1 atom stereocenters. The van der Waals surface area contributed by atoms with E-state index in [-0.39, 0.29) is 23.7 Å². The summed E-state index contributed by atoms with van der Waals surface area (Å²) in [5.74, 6) is 0.132. The van der Waals surface area contributed by atoms with Crippen LogP contribution in [0.1, 0.15) is 11.6 Å². The van der Waals surface area contributed by atoms with Gasteiger partial charge >= 0.3 is 0 Å². The number of hydrogen-bond acceptors (Lipinski definition) is 3. The Hall–Kier alpha value is -1.07. The zero-order valence-corrected chi connectivity index (χ0v) is 8.80. The third-order valence-electron chi connectivity index (χ3n) is 1.87. The molecule has 15 heavy (non-hydrogen) atoms. The van der Waals surface area contributed by atoms with Crippen molar-refractivity contribution >= 4 is 12.4 Å². The normalized spacial score (nSPS) is 12.1. The molecule has 1 aromatic carbocycles. The van der Waals surface area contributed by atoms with Gasteiger partial charge in [-0.2, -0.15) is 0 Å². The lowest BCUT2D eigenvalue weighted by molar-refractivity contribution is 0.115. The van der Waals surface area contributed by atoms with Crippen LogP contribution in [-0.4, -0.2) is 18.6 Å². The van der Waals surface area contributed by atoms with Crippen LogP contribution in [0.2, 0.25) is 0 Å². The van der Waals surface area contributed by atoms with E-state index in [1.54, 1.807) is 0 Å². The van der Waals surface area contributed by atoms with Gasteiger partial charge in [-0.3, -0.25) is 0 Å². The summed E-state index contributed by atoms with van der Waals surface area (Å²) in [5, 5.41) is 9.28. The summed E-state index contributed by atoms with van der Waals surface area (Å²) in [5.41, 5.74) is 5.18. The number of nitrogens with two attached hydrogens (primary N) is 1. The van der Waals surface area contributed by atoms with Crippen molar-refractivity contribution in [2.24, 2.45) is 5.73 Å². The predicted molar refractivity (Wildman–Crippen MR) is 54.8 cm³/mol. The molecule has 0 amide bonds. The summed E-state index contributed by atoms with van der Waals surface area (Å²) in [4.78, 5) is 0. The zero-order chi connectivity index (χ0) is 10.7. The van der Waals surface area contributed by atoms with Gasteiger partial charge in [-0.15, -0.1) is 12.4 Å². The van der Waals surface area contributed by atoms with Crippen LogP contribution in [0.4, 0.5) is 8.78 Å². The Bertz CT molecular complexity index is 323. The molecule has 0 aliphatic rings. The summed E-state index contributed by atoms with van der Waals surface area (Å²) in [6, 6.07) is 2.55. The van der Waals surface area contributed by atoms with Crippen LogP contribution >= 0.6 is 12.4 Å². The molecule has 0 aliphatic carbocycles. The monoisotopic (exact) mass is 239 g/mol. The number of benzene rings is 1. The summed E-state index contributed by atoms with van der Waals surface area (Å²) in [7, 11) is 1.41. The number of rotatable bonds is 3. The highest BCUT2D eigenvalue weighted by molar-refractivity contribution is 5.85. The first-order chi connectivity index (χ1) is 6.56. The van der Waals surface area contributed by atoms with E-state index in [9.17, 15) is 13.9 Å². The van der Waals surface area contributed by atoms with E-state index < -0.39 is 12.5 Å². The molecular weight excluding hydrogens is 228 g/mol. The van der Waals surface area contributed by atoms with E-state index in [4.69, 9.17) is 10.5 Å². The largest absolute Gasteiger partial charge is 0.508 e. The number of alkyl halides is 2. The van der Waals surface area contributed by atoms with Crippen molar-refractivity contribution < 1.29 is 18.6 Å². The molecule has 86 valence electrons. The molecule has 0 bridgehead atoms. The first-order valence-electron chi connectivity index (χ1n) is 3.97. The van der Waals surface area contributed by atoms with Crippen molar-refractivity contribution in [2.45, 2.75) is 12.5 Å². The van der Waals surface area contributed by atoms with Gasteiger partial charge in [0.2, 0.25) is 0 Å². The minimum absolute atomic E-state index is 0. The van der Waals surface area contributed by atoms with Crippen LogP contribution < -0.4 is 10.5 Å². The molecule has 0 radical (unpaired) electrons. The maximum absolute atomic E-state index is 12.3. The summed E-state index contributed by atoms with van der Waals surface area (Å²) in [6.07, 6.45) is -2.71. The lowest BCUT2D eigenvalue weighted by atomic mass is 10.1. The molecule has 0 saturated heterocycles. The van der Waals surface area contributed by atoms with Gasteiger partial charge in [0.05, 0.1) is 13.2 Å². The Kier molecular flexibility index (Phi) is 5.32. The van der Waals surface area contributed by atoms with E-state index in [0.717, 1.165) is 0 Å². The van der Waals surface area contributed by atoms with E-state index in [0.29, 0.717) is 5.75 Å². The SMILES string of the molecule is COc1ccc(O)c([C@@H](N)C(F)F)c1.Cl. The highest BCUT2D eigenvalue weighted by atomic mass is 35.5. The molecule has 3 N–H and O–H groups in total. The molecular formula is C9H12ClF2NO2. The van der Waals surface area contributed by atoms with Crippen molar-refractivity contribution in [3.05, 3.63) is 23.8 Å². The van der Waals surface area contributed by atoms with E-state index in [1.807, 2.05) is 0 Å². The van der Waals surface area contributed by atoms with Crippen molar-refractivity contribution in [3.8, 4) is 11.5 Å². The second-order valence-corrected chi connectivity index (χ2v) is 2.78.